The van der Waals surface area contributed by atoms with Gasteiger partial charge in [-0.05, 0) is 0 Å². The number of nitrogens with zero attached hydrogens (tertiary/aromatic N) is 3. The lowest BCUT2D eigenvalue weighted by molar-refractivity contribution is 0.122. The maximum atomic E-state index is 14.1. The van der Waals surface area contributed by atoms with E-state index in [1.54, 1.807) is 0 Å². The molecule has 0 radical (unpaired) electrons. The first kappa shape index (κ1) is 10.7. The molecule has 1 N–H and O–H groups in total. The lowest BCUT2D eigenvalue weighted by atomic mass is 10.3. The van der Waals surface area contributed by atoms with Gasteiger partial charge in [0, 0.05) is 13.1 Å². The van der Waals surface area contributed by atoms with Crippen molar-refractivity contribution in [2.75, 3.05) is 31.2 Å². The van der Waals surface area contributed by atoms with Gasteiger partial charge in [0.15, 0.2) is 16.6 Å². The molecule has 7 heteroatoms. The summed E-state index contributed by atoms with van der Waals surface area (Å²) in [5.41, 5.74) is 1.44. The highest BCUT2D eigenvalue weighted by Crippen LogP contribution is 2.31. The number of aromatic amines is 1. The number of morpholine rings is 1. The fourth-order valence-corrected chi connectivity index (χ4v) is 2.15. The van der Waals surface area contributed by atoms with Crippen LogP contribution in [-0.2, 0) is 4.74 Å². The zero-order chi connectivity index (χ0) is 11.8. The molecule has 0 spiro atoms. The predicted molar refractivity (Wildman–Crippen MR) is 61.9 cm³/mol. The van der Waals surface area contributed by atoms with Crippen molar-refractivity contribution in [3.8, 4) is 0 Å². The molecule has 3 rings (SSSR count). The van der Waals surface area contributed by atoms with Crippen LogP contribution in [0.4, 0.5) is 10.1 Å². The van der Waals surface area contributed by atoms with Gasteiger partial charge in [-0.25, -0.2) is 14.4 Å². The minimum atomic E-state index is -0.509. The number of aromatic nitrogens is 3. The second kappa shape index (κ2) is 4.12. The number of nitrogens with one attached hydrogen (secondary N) is 1. The third-order valence-electron chi connectivity index (χ3n) is 2.78. The van der Waals surface area contributed by atoms with Crippen molar-refractivity contribution in [2.24, 2.45) is 0 Å². The molecule has 17 heavy (non-hydrogen) atoms. The standard InChI is InChI=1S/C10H10ClFN4O/c11-9-6(12)8(16-1-3-17-4-2-16)7-10(15-9)14-5-13-7/h5H,1-4H2,(H,13,14,15). The molecule has 5 nitrogen and oxygen atoms in total. The van der Waals surface area contributed by atoms with E-state index in [1.165, 1.54) is 6.33 Å². The molecule has 90 valence electrons. The van der Waals surface area contributed by atoms with E-state index in [0.29, 0.717) is 43.2 Å². The Hall–Kier alpha value is -1.40. The molecule has 0 aliphatic carbocycles. The number of fused-ring (bicyclic) bond motifs is 1. The number of hydrogen-bond donors (Lipinski definition) is 1. The maximum Gasteiger partial charge on any atom is 0.186 e. The Balaban J connectivity index is 2.18. The molecule has 2 aromatic heterocycles. The minimum Gasteiger partial charge on any atom is -0.378 e. The molecule has 3 heterocycles. The Kier molecular flexibility index (Phi) is 2.60. The smallest absolute Gasteiger partial charge is 0.186 e. The van der Waals surface area contributed by atoms with E-state index in [1.807, 2.05) is 4.90 Å². The zero-order valence-corrected chi connectivity index (χ0v) is 9.67. The van der Waals surface area contributed by atoms with Crippen molar-refractivity contribution in [1.29, 1.82) is 0 Å². The summed E-state index contributed by atoms with van der Waals surface area (Å²) in [5, 5.41) is -0.147. The highest BCUT2D eigenvalue weighted by molar-refractivity contribution is 6.30. The molecule has 0 amide bonds. The summed E-state index contributed by atoms with van der Waals surface area (Å²) in [7, 11) is 0. The van der Waals surface area contributed by atoms with E-state index in [9.17, 15) is 4.39 Å². The van der Waals surface area contributed by atoms with Crippen molar-refractivity contribution < 1.29 is 9.13 Å². The number of ether oxygens (including phenoxy) is 1. The van der Waals surface area contributed by atoms with E-state index < -0.39 is 5.82 Å². The average Bonchev–Trinajstić information content (AvgIpc) is 2.79. The normalized spacial score (nSPS) is 16.7. The zero-order valence-electron chi connectivity index (χ0n) is 8.91. The SMILES string of the molecule is Fc1c(Cl)nc2nc[nH]c2c1N1CCOCC1. The van der Waals surface area contributed by atoms with Crippen molar-refractivity contribution in [1.82, 2.24) is 15.0 Å². The number of H-pyrrole nitrogens is 1. The highest BCUT2D eigenvalue weighted by Gasteiger charge is 2.22. The number of imidazole rings is 1. The number of halogens is 2. The number of pyridine rings is 1. The van der Waals surface area contributed by atoms with Gasteiger partial charge >= 0.3 is 0 Å². The minimum absolute atomic E-state index is 0.147. The van der Waals surface area contributed by atoms with Crippen molar-refractivity contribution >= 4 is 28.5 Å². The van der Waals surface area contributed by atoms with E-state index in [2.05, 4.69) is 15.0 Å². The summed E-state index contributed by atoms with van der Waals surface area (Å²) in [4.78, 5) is 12.7. The first-order valence-corrected chi connectivity index (χ1v) is 5.66. The van der Waals surface area contributed by atoms with Crippen LogP contribution in [0.2, 0.25) is 5.15 Å². The van der Waals surface area contributed by atoms with E-state index in [0.717, 1.165) is 0 Å². The van der Waals surface area contributed by atoms with Crippen LogP contribution in [0.3, 0.4) is 0 Å². The van der Waals surface area contributed by atoms with Crippen LogP contribution in [0, 0.1) is 5.82 Å². The monoisotopic (exact) mass is 256 g/mol. The Morgan fingerprint density at radius 2 is 2.18 bits per heavy atom. The second-order valence-corrected chi connectivity index (χ2v) is 4.12. The van der Waals surface area contributed by atoms with Crippen molar-refractivity contribution in [2.45, 2.75) is 0 Å². The number of anilines is 1. The number of hydrogen-bond acceptors (Lipinski definition) is 4. The van der Waals surface area contributed by atoms with Crippen LogP contribution in [0.1, 0.15) is 0 Å². The van der Waals surface area contributed by atoms with Crippen LogP contribution in [0.25, 0.3) is 11.2 Å². The molecule has 1 aliphatic rings. The molecule has 0 unspecified atom stereocenters. The first-order chi connectivity index (χ1) is 8.27. The molecular weight excluding hydrogens is 247 g/mol. The maximum absolute atomic E-state index is 14.1. The van der Waals surface area contributed by atoms with E-state index in [-0.39, 0.29) is 5.15 Å². The summed E-state index contributed by atoms with van der Waals surface area (Å²) in [6.07, 6.45) is 1.48. The van der Waals surface area contributed by atoms with Crippen LogP contribution in [0.15, 0.2) is 6.33 Å². The predicted octanol–water partition coefficient (Wildman–Crippen LogP) is 1.59. The van der Waals surface area contributed by atoms with Crippen molar-refractivity contribution in [3.63, 3.8) is 0 Å². The molecule has 1 aliphatic heterocycles. The van der Waals surface area contributed by atoms with Crippen LogP contribution < -0.4 is 4.90 Å². The summed E-state index contributed by atoms with van der Waals surface area (Å²) >= 11 is 5.77. The molecule has 0 atom stereocenters. The quantitative estimate of drug-likeness (QED) is 0.788. The lowest BCUT2D eigenvalue weighted by Gasteiger charge is -2.29. The van der Waals surface area contributed by atoms with Crippen molar-refractivity contribution in [3.05, 3.63) is 17.3 Å². The Morgan fingerprint density at radius 3 is 2.94 bits per heavy atom. The molecule has 0 bridgehead atoms. The molecule has 1 fully saturated rings. The molecule has 0 aromatic carbocycles. The first-order valence-electron chi connectivity index (χ1n) is 5.28. The lowest BCUT2D eigenvalue weighted by Crippen LogP contribution is -2.37. The summed E-state index contributed by atoms with van der Waals surface area (Å²) in [5.74, 6) is -0.509. The van der Waals surface area contributed by atoms with Gasteiger partial charge in [-0.3, -0.25) is 0 Å². The molecule has 1 saturated heterocycles. The Labute approximate surface area is 102 Å². The van der Waals surface area contributed by atoms with Gasteiger partial charge in [0.25, 0.3) is 0 Å². The largest absolute Gasteiger partial charge is 0.378 e. The third kappa shape index (κ3) is 1.73. The van der Waals surface area contributed by atoms with Crippen LogP contribution >= 0.6 is 11.6 Å². The average molecular weight is 257 g/mol. The molecule has 0 saturated carbocycles. The highest BCUT2D eigenvalue weighted by atomic mass is 35.5. The second-order valence-electron chi connectivity index (χ2n) is 3.77. The fourth-order valence-electron chi connectivity index (χ4n) is 1.98. The van der Waals surface area contributed by atoms with Gasteiger partial charge in [-0.15, -0.1) is 0 Å². The topological polar surface area (TPSA) is 54.0 Å². The summed E-state index contributed by atoms with van der Waals surface area (Å²) in [6.45, 7) is 2.42. The van der Waals surface area contributed by atoms with Gasteiger partial charge in [0.1, 0.15) is 11.2 Å². The summed E-state index contributed by atoms with van der Waals surface area (Å²) in [6, 6.07) is 0. The van der Waals surface area contributed by atoms with E-state index >= 15 is 0 Å². The fraction of sp³-hybridized carbons (Fsp3) is 0.400. The Morgan fingerprint density at radius 1 is 1.41 bits per heavy atom. The Bertz CT molecular complexity index is 552. The molecule has 2 aromatic rings. The number of rotatable bonds is 1. The third-order valence-corrected chi connectivity index (χ3v) is 3.03. The molecular formula is C10H10ClFN4O. The van der Waals surface area contributed by atoms with Gasteiger partial charge < -0.3 is 14.6 Å². The van der Waals surface area contributed by atoms with Crippen LogP contribution in [0.5, 0.6) is 0 Å². The summed E-state index contributed by atoms with van der Waals surface area (Å²) < 4.78 is 19.3. The van der Waals surface area contributed by atoms with Gasteiger partial charge in [0.2, 0.25) is 0 Å². The van der Waals surface area contributed by atoms with Gasteiger partial charge in [0.05, 0.1) is 19.5 Å². The van der Waals surface area contributed by atoms with Gasteiger partial charge in [-0.2, -0.15) is 0 Å². The van der Waals surface area contributed by atoms with Crippen LogP contribution in [-0.4, -0.2) is 41.3 Å². The van der Waals surface area contributed by atoms with E-state index in [4.69, 9.17) is 16.3 Å². The van der Waals surface area contributed by atoms with Gasteiger partial charge in [-0.1, -0.05) is 11.6 Å².